The maximum Gasteiger partial charge on any atom is 0.0608 e. The number of nitrogens with one attached hydrogen (secondary N) is 1. The summed E-state index contributed by atoms with van der Waals surface area (Å²) in [6, 6.07) is 0. The molecule has 2 N–H and O–H groups in total. The summed E-state index contributed by atoms with van der Waals surface area (Å²) in [5.74, 6) is 0. The van der Waals surface area contributed by atoms with E-state index in [9.17, 15) is 5.11 Å². The van der Waals surface area contributed by atoms with Crippen LogP contribution in [0.4, 0.5) is 0 Å². The molecule has 0 aromatic carbocycles. The van der Waals surface area contributed by atoms with Gasteiger partial charge in [0.1, 0.15) is 0 Å². The summed E-state index contributed by atoms with van der Waals surface area (Å²) in [6.07, 6.45) is 7.27. The summed E-state index contributed by atoms with van der Waals surface area (Å²) in [5, 5.41) is 13.4. The van der Waals surface area contributed by atoms with Gasteiger partial charge in [-0.25, -0.2) is 0 Å². The summed E-state index contributed by atoms with van der Waals surface area (Å²) in [6.45, 7) is 2.20. The van der Waals surface area contributed by atoms with Gasteiger partial charge in [0.15, 0.2) is 0 Å². The van der Waals surface area contributed by atoms with Crippen LogP contribution in [0.2, 0.25) is 0 Å². The van der Waals surface area contributed by atoms with E-state index in [1.165, 1.54) is 32.1 Å². The van der Waals surface area contributed by atoms with Crippen molar-refractivity contribution in [2.75, 3.05) is 13.1 Å². The highest BCUT2D eigenvalue weighted by Crippen LogP contribution is 2.41. The van der Waals surface area contributed by atoms with Crippen molar-refractivity contribution < 1.29 is 5.11 Å². The highest BCUT2D eigenvalue weighted by molar-refractivity contribution is 4.93. The third-order valence-electron chi connectivity index (χ3n) is 3.61. The largest absolute Gasteiger partial charge is 0.393 e. The van der Waals surface area contributed by atoms with Crippen LogP contribution >= 0.6 is 0 Å². The Morgan fingerprint density at radius 1 is 1.17 bits per heavy atom. The monoisotopic (exact) mass is 169 g/mol. The highest BCUT2D eigenvalue weighted by atomic mass is 16.3. The lowest BCUT2D eigenvalue weighted by Gasteiger charge is -2.44. The van der Waals surface area contributed by atoms with E-state index < -0.39 is 0 Å². The minimum Gasteiger partial charge on any atom is -0.393 e. The van der Waals surface area contributed by atoms with Crippen molar-refractivity contribution in [3.05, 3.63) is 0 Å². The van der Waals surface area contributed by atoms with Crippen molar-refractivity contribution in [1.82, 2.24) is 5.32 Å². The number of piperidine rings is 1. The summed E-state index contributed by atoms with van der Waals surface area (Å²) in [7, 11) is 0. The average molecular weight is 169 g/mol. The van der Waals surface area contributed by atoms with Crippen molar-refractivity contribution in [1.29, 1.82) is 0 Å². The van der Waals surface area contributed by atoms with E-state index in [0.717, 1.165) is 19.5 Å². The summed E-state index contributed by atoms with van der Waals surface area (Å²) >= 11 is 0. The first-order chi connectivity index (χ1) is 5.83. The van der Waals surface area contributed by atoms with E-state index in [2.05, 4.69) is 5.32 Å². The zero-order valence-corrected chi connectivity index (χ0v) is 7.68. The van der Waals surface area contributed by atoms with Gasteiger partial charge in [0, 0.05) is 12.0 Å². The molecule has 0 aromatic rings. The average Bonchev–Trinajstić information content (AvgIpc) is 2.12. The highest BCUT2D eigenvalue weighted by Gasteiger charge is 2.40. The van der Waals surface area contributed by atoms with Gasteiger partial charge in [-0.3, -0.25) is 0 Å². The first-order valence-electron chi connectivity index (χ1n) is 5.22. The molecule has 0 aromatic heterocycles. The molecule has 1 saturated carbocycles. The van der Waals surface area contributed by atoms with Gasteiger partial charge in [-0.1, -0.05) is 12.8 Å². The van der Waals surface area contributed by atoms with Crippen LogP contribution in [-0.4, -0.2) is 24.3 Å². The second kappa shape index (κ2) is 3.35. The second-order valence-corrected chi connectivity index (χ2v) is 4.40. The van der Waals surface area contributed by atoms with Crippen molar-refractivity contribution in [2.45, 2.75) is 44.6 Å². The molecule has 2 heteroatoms. The van der Waals surface area contributed by atoms with Gasteiger partial charge in [-0.05, 0) is 32.2 Å². The normalized spacial score (nSPS) is 43.2. The Morgan fingerprint density at radius 3 is 2.67 bits per heavy atom. The third kappa shape index (κ3) is 1.38. The predicted molar refractivity (Wildman–Crippen MR) is 49.0 cm³/mol. The standard InChI is InChI=1S/C10H19NO/c12-9-4-1-2-5-10(9)6-3-7-11-8-10/h9,11-12H,1-8H2/t9-,10+/m1/s1. The first kappa shape index (κ1) is 8.52. The lowest BCUT2D eigenvalue weighted by atomic mass is 9.68. The van der Waals surface area contributed by atoms with Gasteiger partial charge in [-0.2, -0.15) is 0 Å². The van der Waals surface area contributed by atoms with E-state index in [4.69, 9.17) is 0 Å². The van der Waals surface area contributed by atoms with Crippen LogP contribution in [0.3, 0.4) is 0 Å². The second-order valence-electron chi connectivity index (χ2n) is 4.40. The zero-order valence-electron chi connectivity index (χ0n) is 7.68. The zero-order chi connectivity index (χ0) is 8.44. The fourth-order valence-electron chi connectivity index (χ4n) is 2.78. The van der Waals surface area contributed by atoms with Gasteiger partial charge in [0.05, 0.1) is 6.10 Å². The Morgan fingerprint density at radius 2 is 2.00 bits per heavy atom. The lowest BCUT2D eigenvalue weighted by Crippen LogP contribution is -2.49. The van der Waals surface area contributed by atoms with Crippen molar-refractivity contribution in [3.8, 4) is 0 Å². The molecule has 12 heavy (non-hydrogen) atoms. The molecule has 2 nitrogen and oxygen atoms in total. The first-order valence-corrected chi connectivity index (χ1v) is 5.22. The fraction of sp³-hybridized carbons (Fsp3) is 1.00. The maximum absolute atomic E-state index is 9.94. The Kier molecular flexibility index (Phi) is 2.37. The molecule has 1 spiro atoms. The molecule has 2 aliphatic rings. The molecule has 1 saturated heterocycles. The fourth-order valence-corrected chi connectivity index (χ4v) is 2.78. The van der Waals surface area contributed by atoms with E-state index in [0.29, 0.717) is 0 Å². The van der Waals surface area contributed by atoms with E-state index >= 15 is 0 Å². The Labute approximate surface area is 74.4 Å². The van der Waals surface area contributed by atoms with Gasteiger partial charge in [-0.15, -0.1) is 0 Å². The van der Waals surface area contributed by atoms with Gasteiger partial charge in [0.2, 0.25) is 0 Å². The summed E-state index contributed by atoms with van der Waals surface area (Å²) in [4.78, 5) is 0. The molecular weight excluding hydrogens is 150 g/mol. The third-order valence-corrected chi connectivity index (χ3v) is 3.61. The van der Waals surface area contributed by atoms with Gasteiger partial charge >= 0.3 is 0 Å². The molecule has 2 atom stereocenters. The number of rotatable bonds is 0. The molecular formula is C10H19NO. The van der Waals surface area contributed by atoms with E-state index in [1.54, 1.807) is 0 Å². The van der Waals surface area contributed by atoms with E-state index in [1.807, 2.05) is 0 Å². The molecule has 1 aliphatic carbocycles. The topological polar surface area (TPSA) is 32.3 Å². The minimum absolute atomic E-state index is 0.0287. The summed E-state index contributed by atoms with van der Waals surface area (Å²) in [5.41, 5.74) is 0.260. The Bertz CT molecular complexity index is 144. The van der Waals surface area contributed by atoms with Crippen LogP contribution in [0.15, 0.2) is 0 Å². The number of hydrogen-bond donors (Lipinski definition) is 2. The molecule has 1 heterocycles. The smallest absolute Gasteiger partial charge is 0.0608 e. The van der Waals surface area contributed by atoms with Crippen LogP contribution in [0.25, 0.3) is 0 Å². The molecule has 2 fully saturated rings. The van der Waals surface area contributed by atoms with Crippen LogP contribution in [0.5, 0.6) is 0 Å². The molecule has 0 amide bonds. The van der Waals surface area contributed by atoms with Crippen LogP contribution in [0.1, 0.15) is 38.5 Å². The number of hydrogen-bond acceptors (Lipinski definition) is 2. The van der Waals surface area contributed by atoms with Crippen molar-refractivity contribution >= 4 is 0 Å². The predicted octanol–water partition coefficient (Wildman–Crippen LogP) is 1.29. The molecule has 1 aliphatic heterocycles. The van der Waals surface area contributed by atoms with Crippen LogP contribution in [0, 0.1) is 5.41 Å². The van der Waals surface area contributed by atoms with Crippen LogP contribution < -0.4 is 5.32 Å². The summed E-state index contributed by atoms with van der Waals surface area (Å²) < 4.78 is 0. The van der Waals surface area contributed by atoms with Crippen molar-refractivity contribution in [3.63, 3.8) is 0 Å². The lowest BCUT2D eigenvalue weighted by molar-refractivity contribution is -0.0271. The number of aliphatic hydroxyl groups is 1. The molecule has 0 bridgehead atoms. The van der Waals surface area contributed by atoms with Crippen molar-refractivity contribution in [2.24, 2.45) is 5.41 Å². The Hall–Kier alpha value is -0.0800. The van der Waals surface area contributed by atoms with Gasteiger partial charge < -0.3 is 10.4 Å². The maximum atomic E-state index is 9.94. The van der Waals surface area contributed by atoms with Gasteiger partial charge in [0.25, 0.3) is 0 Å². The molecule has 0 radical (unpaired) electrons. The Balaban J connectivity index is 2.04. The molecule has 70 valence electrons. The number of aliphatic hydroxyl groups excluding tert-OH is 1. The SMILES string of the molecule is O[C@@H]1CCCC[C@@]12CCCNC2. The van der Waals surface area contributed by atoms with Crippen LogP contribution in [-0.2, 0) is 0 Å². The molecule has 2 rings (SSSR count). The minimum atomic E-state index is -0.0287. The quantitative estimate of drug-likeness (QED) is 0.572. The molecule has 0 unspecified atom stereocenters. The van der Waals surface area contributed by atoms with E-state index in [-0.39, 0.29) is 11.5 Å².